The molecule has 2 rings (SSSR count). The number of carbonyl (C=O) groups is 2. The number of benzene rings is 2. The number of rotatable bonds is 6. The zero-order chi connectivity index (χ0) is 18.6. The van der Waals surface area contributed by atoms with E-state index in [0.29, 0.717) is 11.3 Å². The van der Waals surface area contributed by atoms with Crippen LogP contribution in [0.4, 0.5) is 11.4 Å². The van der Waals surface area contributed by atoms with Gasteiger partial charge in [-0.05, 0) is 43.3 Å². The highest BCUT2D eigenvalue weighted by atomic mass is 35.5. The molecule has 0 saturated carbocycles. The Kier molecular flexibility index (Phi) is 5.56. The van der Waals surface area contributed by atoms with E-state index < -0.39 is 22.8 Å². The van der Waals surface area contributed by atoms with Crippen LogP contribution in [-0.4, -0.2) is 22.8 Å². The van der Waals surface area contributed by atoms with Crippen LogP contribution < -0.4 is 15.8 Å². The second kappa shape index (κ2) is 7.63. The summed E-state index contributed by atoms with van der Waals surface area (Å²) in [6.07, 6.45) is -1.00. The van der Waals surface area contributed by atoms with E-state index in [1.54, 1.807) is 0 Å². The second-order valence-corrected chi connectivity index (χ2v) is 5.50. The van der Waals surface area contributed by atoms with Crippen molar-refractivity contribution in [2.75, 3.05) is 5.32 Å². The number of nitro benzene ring substituents is 1. The van der Waals surface area contributed by atoms with E-state index >= 15 is 0 Å². The third-order valence-corrected chi connectivity index (χ3v) is 3.46. The molecule has 0 heterocycles. The number of nitrogens with two attached hydrogens (primary N) is 1. The number of carbonyl (C=O) groups excluding carboxylic acids is 2. The first-order chi connectivity index (χ1) is 11.8. The molecule has 0 bridgehead atoms. The number of hydrogen-bond acceptors (Lipinski definition) is 5. The van der Waals surface area contributed by atoms with E-state index in [-0.39, 0.29) is 16.5 Å². The van der Waals surface area contributed by atoms with E-state index in [0.717, 1.165) is 6.07 Å². The van der Waals surface area contributed by atoms with E-state index in [2.05, 4.69) is 5.32 Å². The van der Waals surface area contributed by atoms with Crippen LogP contribution >= 0.6 is 11.6 Å². The standard InChI is InChI=1S/C16H14ClN3O5/c1-9(25-14-7-4-11(17)8-13(14)20(23)24)16(22)19-12-5-2-10(3-6-12)15(18)21/h2-9H,1H3,(H2,18,21)(H,19,22)/t9-/m1/s1. The minimum absolute atomic E-state index is 0.0684. The van der Waals surface area contributed by atoms with Crippen molar-refractivity contribution in [2.24, 2.45) is 5.73 Å². The number of nitrogens with one attached hydrogen (secondary N) is 1. The third kappa shape index (κ3) is 4.67. The molecule has 0 radical (unpaired) electrons. The van der Waals surface area contributed by atoms with Gasteiger partial charge in [-0.2, -0.15) is 0 Å². The van der Waals surface area contributed by atoms with Gasteiger partial charge in [0.2, 0.25) is 5.91 Å². The number of halogens is 1. The largest absolute Gasteiger partial charge is 0.474 e. The Bertz CT molecular complexity index is 823. The zero-order valence-corrected chi connectivity index (χ0v) is 13.8. The lowest BCUT2D eigenvalue weighted by atomic mass is 10.2. The van der Waals surface area contributed by atoms with Gasteiger partial charge in [-0.3, -0.25) is 19.7 Å². The molecule has 0 spiro atoms. The molecule has 0 unspecified atom stereocenters. The summed E-state index contributed by atoms with van der Waals surface area (Å²) in [5.74, 6) is -1.16. The first-order valence-corrected chi connectivity index (χ1v) is 7.47. The number of primary amides is 1. The topological polar surface area (TPSA) is 125 Å². The van der Waals surface area contributed by atoms with Crippen molar-refractivity contribution in [1.82, 2.24) is 0 Å². The van der Waals surface area contributed by atoms with Crippen molar-refractivity contribution in [3.8, 4) is 5.75 Å². The van der Waals surface area contributed by atoms with Gasteiger partial charge in [-0.15, -0.1) is 0 Å². The molecule has 0 aliphatic rings. The number of anilines is 1. The first kappa shape index (κ1) is 18.2. The monoisotopic (exact) mass is 363 g/mol. The van der Waals surface area contributed by atoms with Crippen molar-refractivity contribution < 1.29 is 19.2 Å². The third-order valence-electron chi connectivity index (χ3n) is 3.23. The van der Waals surface area contributed by atoms with Gasteiger partial charge in [0.25, 0.3) is 5.91 Å². The molecule has 0 aromatic heterocycles. The van der Waals surface area contributed by atoms with Gasteiger partial charge in [0.1, 0.15) is 0 Å². The fourth-order valence-corrected chi connectivity index (χ4v) is 2.10. The van der Waals surface area contributed by atoms with Gasteiger partial charge in [0, 0.05) is 22.3 Å². The Morgan fingerprint density at radius 2 is 1.88 bits per heavy atom. The SMILES string of the molecule is C[C@@H](Oc1ccc(Cl)cc1[N+](=O)[O-])C(=O)Nc1ccc(C(N)=O)cc1. The summed E-state index contributed by atoms with van der Waals surface area (Å²) in [5, 5.41) is 13.8. The summed E-state index contributed by atoms with van der Waals surface area (Å²) in [6.45, 7) is 1.45. The van der Waals surface area contributed by atoms with Crippen molar-refractivity contribution >= 4 is 34.8 Å². The molecule has 1 atom stereocenters. The fourth-order valence-electron chi connectivity index (χ4n) is 1.94. The van der Waals surface area contributed by atoms with Crippen molar-refractivity contribution in [3.05, 3.63) is 63.2 Å². The van der Waals surface area contributed by atoms with Crippen LogP contribution in [0, 0.1) is 10.1 Å². The Balaban J connectivity index is 2.08. The Morgan fingerprint density at radius 1 is 1.24 bits per heavy atom. The second-order valence-electron chi connectivity index (χ2n) is 5.06. The van der Waals surface area contributed by atoms with Crippen LogP contribution in [-0.2, 0) is 4.79 Å². The number of ether oxygens (including phenoxy) is 1. The summed E-state index contributed by atoms with van der Waals surface area (Å²) >= 11 is 5.73. The Hall–Kier alpha value is -3.13. The van der Waals surface area contributed by atoms with Gasteiger partial charge < -0.3 is 15.8 Å². The average Bonchev–Trinajstić information content (AvgIpc) is 2.56. The average molecular weight is 364 g/mol. The number of amides is 2. The summed E-state index contributed by atoms with van der Waals surface area (Å²) in [5.41, 5.74) is 5.53. The molecule has 0 saturated heterocycles. The maximum atomic E-state index is 12.2. The minimum Gasteiger partial charge on any atom is -0.474 e. The van der Waals surface area contributed by atoms with Crippen molar-refractivity contribution in [3.63, 3.8) is 0 Å². The van der Waals surface area contributed by atoms with Gasteiger partial charge in [-0.25, -0.2) is 0 Å². The van der Waals surface area contributed by atoms with Crippen LogP contribution in [0.2, 0.25) is 5.02 Å². The molecule has 9 heteroatoms. The van der Waals surface area contributed by atoms with Gasteiger partial charge >= 0.3 is 5.69 Å². The predicted octanol–water partition coefficient (Wildman–Crippen LogP) is 2.75. The summed E-state index contributed by atoms with van der Waals surface area (Å²) in [4.78, 5) is 33.6. The smallest absolute Gasteiger partial charge is 0.312 e. The molecule has 2 aromatic carbocycles. The van der Waals surface area contributed by atoms with Gasteiger partial charge in [0.05, 0.1) is 4.92 Å². The number of hydrogen-bond donors (Lipinski definition) is 2. The highest BCUT2D eigenvalue weighted by Gasteiger charge is 2.21. The first-order valence-electron chi connectivity index (χ1n) is 7.09. The summed E-state index contributed by atoms with van der Waals surface area (Å²) in [7, 11) is 0. The van der Waals surface area contributed by atoms with Gasteiger partial charge in [-0.1, -0.05) is 11.6 Å². The highest BCUT2D eigenvalue weighted by molar-refractivity contribution is 6.30. The molecule has 0 fully saturated rings. The van der Waals surface area contributed by atoms with E-state index in [1.807, 2.05) is 0 Å². The van der Waals surface area contributed by atoms with E-state index in [9.17, 15) is 19.7 Å². The molecule has 2 amide bonds. The minimum atomic E-state index is -1.00. The normalized spacial score (nSPS) is 11.4. The summed E-state index contributed by atoms with van der Waals surface area (Å²) in [6, 6.07) is 9.85. The molecule has 25 heavy (non-hydrogen) atoms. The molecule has 8 nitrogen and oxygen atoms in total. The maximum Gasteiger partial charge on any atom is 0.312 e. The lowest BCUT2D eigenvalue weighted by molar-refractivity contribution is -0.386. The van der Waals surface area contributed by atoms with Crippen LogP contribution in [0.25, 0.3) is 0 Å². The van der Waals surface area contributed by atoms with Gasteiger partial charge in [0.15, 0.2) is 11.9 Å². The van der Waals surface area contributed by atoms with E-state index in [4.69, 9.17) is 22.1 Å². The lowest BCUT2D eigenvalue weighted by Gasteiger charge is -2.15. The molecule has 0 aliphatic heterocycles. The number of nitro groups is 1. The van der Waals surface area contributed by atoms with Crippen LogP contribution in [0.15, 0.2) is 42.5 Å². The summed E-state index contributed by atoms with van der Waals surface area (Å²) < 4.78 is 5.37. The maximum absolute atomic E-state index is 12.2. The van der Waals surface area contributed by atoms with Crippen molar-refractivity contribution in [2.45, 2.75) is 13.0 Å². The zero-order valence-electron chi connectivity index (χ0n) is 13.1. The lowest BCUT2D eigenvalue weighted by Crippen LogP contribution is -2.30. The quantitative estimate of drug-likeness (QED) is 0.603. The molecule has 2 aromatic rings. The van der Waals surface area contributed by atoms with Crippen molar-refractivity contribution in [1.29, 1.82) is 0 Å². The van der Waals surface area contributed by atoms with Crippen LogP contribution in [0.1, 0.15) is 17.3 Å². The molecule has 130 valence electrons. The molecular weight excluding hydrogens is 350 g/mol. The Morgan fingerprint density at radius 3 is 2.44 bits per heavy atom. The Labute approximate surface area is 147 Å². The van der Waals surface area contributed by atoms with Crippen LogP contribution in [0.5, 0.6) is 5.75 Å². The molecular formula is C16H14ClN3O5. The number of nitrogens with zero attached hydrogens (tertiary/aromatic N) is 1. The molecule has 0 aliphatic carbocycles. The van der Waals surface area contributed by atoms with E-state index in [1.165, 1.54) is 43.3 Å². The fraction of sp³-hybridized carbons (Fsp3) is 0.125. The molecule has 3 N–H and O–H groups in total. The highest BCUT2D eigenvalue weighted by Crippen LogP contribution is 2.30. The predicted molar refractivity (Wildman–Crippen MR) is 91.8 cm³/mol. The van der Waals surface area contributed by atoms with Crippen LogP contribution in [0.3, 0.4) is 0 Å².